The fourth-order valence-electron chi connectivity index (χ4n) is 3.50. The van der Waals surface area contributed by atoms with Crippen LogP contribution in [-0.2, 0) is 40.4 Å². The van der Waals surface area contributed by atoms with Crippen molar-refractivity contribution >= 4 is 17.7 Å². The van der Waals surface area contributed by atoms with Gasteiger partial charge in [-0.15, -0.1) is 0 Å². The predicted molar refractivity (Wildman–Crippen MR) is 129 cm³/mol. The third-order valence-corrected chi connectivity index (χ3v) is 5.07. The first kappa shape index (κ1) is 25.4. The van der Waals surface area contributed by atoms with Crippen molar-refractivity contribution in [2.75, 3.05) is 6.54 Å². The van der Waals surface area contributed by atoms with E-state index in [9.17, 15) is 14.4 Å². The van der Waals surface area contributed by atoms with Crippen LogP contribution in [0.25, 0.3) is 0 Å². The number of rotatable bonds is 12. The SMILES string of the molecule is CC(=O)N[C@@H](Cc1ccc(CN(Cc2ccccn2)Cc2ccccn2)nc1)C(=O)NCC(N)=O. The van der Waals surface area contributed by atoms with Crippen LogP contribution in [0, 0.1) is 0 Å². The molecule has 0 aromatic carbocycles. The zero-order valence-corrected chi connectivity index (χ0v) is 19.6. The molecule has 3 aromatic heterocycles. The van der Waals surface area contributed by atoms with Crippen molar-refractivity contribution < 1.29 is 14.4 Å². The standard InChI is InChI=1S/C25H29N7O3/c1-18(33)31-23(25(35)30-14-24(26)34)12-19-8-9-22(29-13-19)17-32(15-20-6-2-4-10-27-20)16-21-7-3-5-11-28-21/h2-11,13,23H,12,14-17H2,1H3,(H2,26,34)(H,30,35)(H,31,33)/t23-/m0/s1. The van der Waals surface area contributed by atoms with Gasteiger partial charge in [0.1, 0.15) is 6.04 Å². The highest BCUT2D eigenvalue weighted by molar-refractivity contribution is 5.89. The van der Waals surface area contributed by atoms with E-state index < -0.39 is 17.9 Å². The molecule has 3 heterocycles. The zero-order valence-electron chi connectivity index (χ0n) is 19.6. The highest BCUT2D eigenvalue weighted by atomic mass is 16.2. The number of aromatic nitrogens is 3. The molecule has 0 aliphatic rings. The van der Waals surface area contributed by atoms with E-state index in [0.717, 1.165) is 22.6 Å². The molecule has 1 atom stereocenters. The number of nitrogens with zero attached hydrogens (tertiary/aromatic N) is 4. The second kappa shape index (κ2) is 12.9. The van der Waals surface area contributed by atoms with Gasteiger partial charge in [-0.05, 0) is 35.9 Å². The molecule has 0 spiro atoms. The molecule has 0 saturated heterocycles. The fraction of sp³-hybridized carbons (Fsp3) is 0.280. The number of hydrogen-bond acceptors (Lipinski definition) is 7. The third-order valence-electron chi connectivity index (χ3n) is 5.07. The number of nitrogens with one attached hydrogen (secondary N) is 2. The molecular formula is C25H29N7O3. The van der Waals surface area contributed by atoms with Crippen molar-refractivity contribution in [1.29, 1.82) is 0 Å². The van der Waals surface area contributed by atoms with Crippen LogP contribution < -0.4 is 16.4 Å². The average molecular weight is 476 g/mol. The van der Waals surface area contributed by atoms with Gasteiger partial charge in [0.2, 0.25) is 17.7 Å². The largest absolute Gasteiger partial charge is 0.368 e. The molecular weight excluding hydrogens is 446 g/mol. The maximum atomic E-state index is 12.4. The minimum atomic E-state index is -0.843. The summed E-state index contributed by atoms with van der Waals surface area (Å²) in [5.41, 5.74) is 8.58. The van der Waals surface area contributed by atoms with Crippen LogP contribution in [0.1, 0.15) is 29.6 Å². The molecule has 3 rings (SSSR count). The van der Waals surface area contributed by atoms with Gasteiger partial charge >= 0.3 is 0 Å². The minimum absolute atomic E-state index is 0.225. The van der Waals surface area contributed by atoms with Crippen molar-refractivity contribution in [3.63, 3.8) is 0 Å². The van der Waals surface area contributed by atoms with Gasteiger partial charge in [0, 0.05) is 51.6 Å². The number of primary amides is 1. The van der Waals surface area contributed by atoms with Gasteiger partial charge < -0.3 is 16.4 Å². The molecule has 4 N–H and O–H groups in total. The fourth-order valence-corrected chi connectivity index (χ4v) is 3.50. The smallest absolute Gasteiger partial charge is 0.243 e. The van der Waals surface area contributed by atoms with Gasteiger partial charge in [0.15, 0.2) is 0 Å². The number of hydrogen-bond donors (Lipinski definition) is 3. The number of carbonyl (C=O) groups is 3. The molecule has 0 aliphatic heterocycles. The summed E-state index contributed by atoms with van der Waals surface area (Å²) in [6.07, 6.45) is 5.45. The first-order valence-electron chi connectivity index (χ1n) is 11.2. The van der Waals surface area contributed by atoms with Gasteiger partial charge in [0.05, 0.1) is 23.6 Å². The Balaban J connectivity index is 1.68. The predicted octanol–water partition coefficient (Wildman–Crippen LogP) is 0.723. The summed E-state index contributed by atoms with van der Waals surface area (Å²) in [5, 5.41) is 5.02. The van der Waals surface area contributed by atoms with Gasteiger partial charge in [-0.25, -0.2) is 0 Å². The molecule has 10 nitrogen and oxygen atoms in total. The van der Waals surface area contributed by atoms with Crippen molar-refractivity contribution in [3.05, 3.63) is 89.8 Å². The second-order valence-electron chi connectivity index (χ2n) is 8.09. The molecule has 0 fully saturated rings. The molecule has 0 radical (unpaired) electrons. The highest BCUT2D eigenvalue weighted by Gasteiger charge is 2.20. The van der Waals surface area contributed by atoms with Crippen molar-refractivity contribution in [2.45, 2.75) is 39.0 Å². The molecule has 0 saturated carbocycles. The third kappa shape index (κ3) is 8.94. The summed E-state index contributed by atoms with van der Waals surface area (Å²) in [4.78, 5) is 50.5. The summed E-state index contributed by atoms with van der Waals surface area (Å²) < 4.78 is 0. The van der Waals surface area contributed by atoms with Gasteiger partial charge in [-0.1, -0.05) is 18.2 Å². The first-order valence-corrected chi connectivity index (χ1v) is 11.2. The molecule has 0 aliphatic carbocycles. The topological polar surface area (TPSA) is 143 Å². The lowest BCUT2D eigenvalue weighted by Crippen LogP contribution is -2.49. The van der Waals surface area contributed by atoms with E-state index in [1.165, 1.54) is 6.92 Å². The molecule has 3 aromatic rings. The van der Waals surface area contributed by atoms with Crippen LogP contribution in [0.3, 0.4) is 0 Å². The molecule has 0 bridgehead atoms. The Bertz CT molecular complexity index is 1070. The Labute approximate surface area is 204 Å². The molecule has 3 amide bonds. The lowest BCUT2D eigenvalue weighted by Gasteiger charge is -2.21. The monoisotopic (exact) mass is 475 g/mol. The van der Waals surface area contributed by atoms with Crippen LogP contribution >= 0.6 is 0 Å². The summed E-state index contributed by atoms with van der Waals surface area (Å²) in [5.74, 6) is -1.50. The van der Waals surface area contributed by atoms with E-state index in [1.807, 2.05) is 48.5 Å². The van der Waals surface area contributed by atoms with Gasteiger partial charge in [0.25, 0.3) is 0 Å². The van der Waals surface area contributed by atoms with Gasteiger partial charge in [-0.2, -0.15) is 0 Å². The maximum absolute atomic E-state index is 12.4. The van der Waals surface area contributed by atoms with Crippen molar-refractivity contribution in [3.8, 4) is 0 Å². The van der Waals surface area contributed by atoms with E-state index in [1.54, 1.807) is 18.6 Å². The highest BCUT2D eigenvalue weighted by Crippen LogP contribution is 2.12. The Kier molecular flexibility index (Phi) is 9.38. The molecule has 182 valence electrons. The second-order valence-corrected chi connectivity index (χ2v) is 8.09. The summed E-state index contributed by atoms with van der Waals surface area (Å²) in [6, 6.07) is 14.6. The molecule has 10 heteroatoms. The Morgan fingerprint density at radius 3 is 1.94 bits per heavy atom. The number of amides is 3. The van der Waals surface area contributed by atoms with Crippen LogP contribution in [0.4, 0.5) is 0 Å². The quantitative estimate of drug-likeness (QED) is 0.350. The van der Waals surface area contributed by atoms with Crippen LogP contribution in [0.2, 0.25) is 0 Å². The lowest BCUT2D eigenvalue weighted by molar-refractivity contribution is -0.129. The van der Waals surface area contributed by atoms with Crippen LogP contribution in [0.15, 0.2) is 67.1 Å². The van der Waals surface area contributed by atoms with E-state index in [0.29, 0.717) is 19.6 Å². The minimum Gasteiger partial charge on any atom is -0.368 e. The summed E-state index contributed by atoms with van der Waals surface area (Å²) in [7, 11) is 0. The Morgan fingerprint density at radius 2 is 1.49 bits per heavy atom. The van der Waals surface area contributed by atoms with Crippen molar-refractivity contribution in [2.24, 2.45) is 5.73 Å². The summed E-state index contributed by atoms with van der Waals surface area (Å²) in [6.45, 7) is 2.86. The van der Waals surface area contributed by atoms with E-state index in [-0.39, 0.29) is 18.9 Å². The molecule has 0 unspecified atom stereocenters. The number of pyridine rings is 3. The Morgan fingerprint density at radius 1 is 0.886 bits per heavy atom. The molecule has 35 heavy (non-hydrogen) atoms. The van der Waals surface area contributed by atoms with E-state index in [2.05, 4.69) is 30.5 Å². The van der Waals surface area contributed by atoms with Gasteiger partial charge in [-0.3, -0.25) is 34.2 Å². The van der Waals surface area contributed by atoms with Crippen molar-refractivity contribution in [1.82, 2.24) is 30.5 Å². The first-order chi connectivity index (χ1) is 16.9. The average Bonchev–Trinajstić information content (AvgIpc) is 2.84. The number of nitrogens with two attached hydrogens (primary N) is 1. The lowest BCUT2D eigenvalue weighted by atomic mass is 10.1. The summed E-state index contributed by atoms with van der Waals surface area (Å²) >= 11 is 0. The number of carbonyl (C=O) groups excluding carboxylic acids is 3. The normalized spacial score (nSPS) is 11.6. The van der Waals surface area contributed by atoms with E-state index in [4.69, 9.17) is 5.73 Å². The zero-order chi connectivity index (χ0) is 25.0. The van der Waals surface area contributed by atoms with E-state index >= 15 is 0 Å². The Hall–Kier alpha value is -4.18. The van der Waals surface area contributed by atoms with Crippen LogP contribution in [0.5, 0.6) is 0 Å². The maximum Gasteiger partial charge on any atom is 0.243 e. The van der Waals surface area contributed by atoms with Crippen LogP contribution in [-0.4, -0.2) is 50.2 Å².